The molecule has 0 bridgehead atoms. The number of nitrogens with zero attached hydrogens (tertiary/aromatic N) is 1. The van der Waals surface area contributed by atoms with E-state index in [-0.39, 0.29) is 23.7 Å². The number of halogens is 2. The van der Waals surface area contributed by atoms with Crippen LogP contribution in [0, 0.1) is 23.7 Å². The predicted octanol–water partition coefficient (Wildman–Crippen LogP) is 2.55. The molecule has 1 saturated heterocycles. The fourth-order valence-electron chi connectivity index (χ4n) is 5.84. The molecule has 0 aromatic heterocycles. The van der Waals surface area contributed by atoms with Crippen molar-refractivity contribution in [1.82, 2.24) is 9.62 Å². The molecular formula is C19H34Cl2N2O5S2. The van der Waals surface area contributed by atoms with Gasteiger partial charge in [-0.3, -0.25) is 4.55 Å². The number of rotatable bonds is 7. The Morgan fingerprint density at radius 3 is 2.23 bits per heavy atom. The largest absolute Gasteiger partial charge is 0.306 e. The Kier molecular flexibility index (Phi) is 8.41. The van der Waals surface area contributed by atoms with E-state index < -0.39 is 31.1 Å². The minimum absolute atomic E-state index is 0.0213. The van der Waals surface area contributed by atoms with Crippen LogP contribution < -0.4 is 4.72 Å². The standard InChI is InChI=1S/C19H34Cl2N2O5S2/c1-23-11-17(16-9-14(20)10-19(21)18(16)12-23)13-3-5-15(6-4-13)30(27,28)22-7-2-8-29(24,25)26/h13-19,22H,2-12H2,1H3,(H,24,25,26). The van der Waals surface area contributed by atoms with Crippen LogP contribution in [0.5, 0.6) is 0 Å². The lowest BCUT2D eigenvalue weighted by atomic mass is 9.63. The number of likely N-dealkylation sites (tertiary alicyclic amines) is 1. The van der Waals surface area contributed by atoms with Crippen LogP contribution in [-0.4, -0.2) is 74.7 Å². The quantitative estimate of drug-likeness (QED) is 0.313. The first-order valence-electron chi connectivity index (χ1n) is 10.9. The smallest absolute Gasteiger partial charge is 0.264 e. The summed E-state index contributed by atoms with van der Waals surface area (Å²) in [5.41, 5.74) is 0. The van der Waals surface area contributed by atoms with Crippen LogP contribution in [0.3, 0.4) is 0 Å². The molecule has 0 aromatic rings. The molecule has 1 heterocycles. The molecule has 2 saturated carbocycles. The highest BCUT2D eigenvalue weighted by Crippen LogP contribution is 2.48. The number of piperidine rings is 1. The van der Waals surface area contributed by atoms with Crippen LogP contribution in [0.1, 0.15) is 44.9 Å². The molecule has 7 nitrogen and oxygen atoms in total. The van der Waals surface area contributed by atoms with E-state index in [1.165, 1.54) is 0 Å². The first-order chi connectivity index (χ1) is 14.0. The van der Waals surface area contributed by atoms with Crippen LogP contribution in [0.25, 0.3) is 0 Å². The molecule has 30 heavy (non-hydrogen) atoms. The summed E-state index contributed by atoms with van der Waals surface area (Å²) >= 11 is 13.2. The summed E-state index contributed by atoms with van der Waals surface area (Å²) in [6, 6.07) is 0. The summed E-state index contributed by atoms with van der Waals surface area (Å²) in [6.07, 6.45) is 4.90. The minimum atomic E-state index is -4.07. The maximum atomic E-state index is 12.6. The van der Waals surface area contributed by atoms with Gasteiger partial charge in [-0.25, -0.2) is 13.1 Å². The molecule has 3 aliphatic rings. The third-order valence-electron chi connectivity index (χ3n) is 7.26. The van der Waals surface area contributed by atoms with Gasteiger partial charge in [-0.1, -0.05) is 0 Å². The van der Waals surface area contributed by atoms with Crippen molar-refractivity contribution in [3.05, 3.63) is 0 Å². The van der Waals surface area contributed by atoms with Gasteiger partial charge in [0.15, 0.2) is 0 Å². The molecule has 1 aliphatic heterocycles. The van der Waals surface area contributed by atoms with Crippen molar-refractivity contribution in [1.29, 1.82) is 0 Å². The second-order valence-corrected chi connectivity index (χ2v) is 14.2. The monoisotopic (exact) mass is 504 g/mol. The minimum Gasteiger partial charge on any atom is -0.306 e. The van der Waals surface area contributed by atoms with Crippen molar-refractivity contribution in [2.24, 2.45) is 23.7 Å². The molecule has 5 atom stereocenters. The van der Waals surface area contributed by atoms with Gasteiger partial charge in [-0.15, -0.1) is 23.2 Å². The Morgan fingerprint density at radius 1 is 0.967 bits per heavy atom. The summed E-state index contributed by atoms with van der Waals surface area (Å²) in [7, 11) is -5.41. The highest BCUT2D eigenvalue weighted by Gasteiger charge is 2.47. The Balaban J connectivity index is 1.55. The van der Waals surface area contributed by atoms with E-state index in [0.29, 0.717) is 36.5 Å². The summed E-state index contributed by atoms with van der Waals surface area (Å²) in [6.45, 7) is 2.05. The molecule has 3 rings (SSSR count). The highest BCUT2D eigenvalue weighted by atomic mass is 35.5. The normalized spacial score (nSPS) is 38.9. The number of nitrogens with one attached hydrogen (secondary N) is 1. The lowest BCUT2D eigenvalue weighted by Crippen LogP contribution is -2.53. The zero-order chi connectivity index (χ0) is 22.1. The number of alkyl halides is 2. The van der Waals surface area contributed by atoms with Gasteiger partial charge in [0, 0.05) is 30.4 Å². The second-order valence-electron chi connectivity index (χ2n) is 9.41. The Labute approximate surface area is 191 Å². The maximum Gasteiger partial charge on any atom is 0.264 e. The van der Waals surface area contributed by atoms with Crippen LogP contribution in [0.4, 0.5) is 0 Å². The zero-order valence-corrected chi connectivity index (χ0v) is 20.6. The third kappa shape index (κ3) is 6.45. The van der Waals surface area contributed by atoms with Crippen molar-refractivity contribution in [2.75, 3.05) is 32.4 Å². The molecule has 2 aliphatic carbocycles. The van der Waals surface area contributed by atoms with Gasteiger partial charge in [0.25, 0.3) is 10.1 Å². The molecule has 0 radical (unpaired) electrons. The average molecular weight is 506 g/mol. The molecule has 0 aromatic carbocycles. The van der Waals surface area contributed by atoms with Crippen LogP contribution in [0.15, 0.2) is 0 Å². The van der Waals surface area contributed by atoms with E-state index in [2.05, 4.69) is 16.7 Å². The lowest BCUT2D eigenvalue weighted by Gasteiger charge is -2.51. The Bertz CT molecular complexity index is 787. The molecule has 0 spiro atoms. The first-order valence-corrected chi connectivity index (χ1v) is 14.9. The van der Waals surface area contributed by atoms with Crippen LogP contribution in [0.2, 0.25) is 0 Å². The third-order valence-corrected chi connectivity index (χ3v) is 10.9. The van der Waals surface area contributed by atoms with Crippen molar-refractivity contribution in [3.8, 4) is 0 Å². The van der Waals surface area contributed by atoms with Gasteiger partial charge >= 0.3 is 0 Å². The average Bonchev–Trinajstić information content (AvgIpc) is 2.65. The van der Waals surface area contributed by atoms with E-state index in [1.807, 2.05) is 0 Å². The van der Waals surface area contributed by atoms with E-state index in [9.17, 15) is 16.8 Å². The van der Waals surface area contributed by atoms with E-state index >= 15 is 0 Å². The number of sulfonamides is 1. The molecule has 5 unspecified atom stereocenters. The van der Waals surface area contributed by atoms with E-state index in [0.717, 1.165) is 38.8 Å². The number of hydrogen-bond acceptors (Lipinski definition) is 5. The van der Waals surface area contributed by atoms with E-state index in [1.54, 1.807) is 0 Å². The van der Waals surface area contributed by atoms with Crippen molar-refractivity contribution >= 4 is 43.3 Å². The fourth-order valence-corrected chi connectivity index (χ4v) is 8.88. The number of fused-ring (bicyclic) bond motifs is 1. The summed E-state index contributed by atoms with van der Waals surface area (Å²) in [4.78, 5) is 2.37. The first kappa shape index (κ1) is 25.0. The second kappa shape index (κ2) is 10.1. The van der Waals surface area contributed by atoms with Gasteiger partial charge < -0.3 is 4.90 Å². The van der Waals surface area contributed by atoms with Gasteiger partial charge in [0.05, 0.1) is 11.0 Å². The Hall–Kier alpha value is 0.360. The number of hydrogen-bond donors (Lipinski definition) is 2. The van der Waals surface area contributed by atoms with Gasteiger partial charge in [0.2, 0.25) is 10.0 Å². The summed E-state index contributed by atoms with van der Waals surface area (Å²) in [5.74, 6) is 1.51. The fraction of sp³-hybridized carbons (Fsp3) is 1.00. The van der Waals surface area contributed by atoms with Crippen LogP contribution in [-0.2, 0) is 20.1 Å². The van der Waals surface area contributed by atoms with Gasteiger partial charge in [-0.05, 0) is 75.7 Å². The molecule has 2 N–H and O–H groups in total. The molecular weight excluding hydrogens is 471 g/mol. The SMILES string of the molecule is CN1CC2C(Cl)CC(Cl)CC2C(C2CCC(S(=O)(=O)NCCCS(=O)(=O)O)CC2)C1. The molecule has 3 fully saturated rings. The van der Waals surface area contributed by atoms with Gasteiger partial charge in [0.1, 0.15) is 0 Å². The zero-order valence-electron chi connectivity index (χ0n) is 17.4. The summed E-state index contributed by atoms with van der Waals surface area (Å²) in [5, 5.41) is -0.201. The lowest BCUT2D eigenvalue weighted by molar-refractivity contribution is 0.0108. The van der Waals surface area contributed by atoms with Gasteiger partial charge in [-0.2, -0.15) is 8.42 Å². The van der Waals surface area contributed by atoms with Crippen molar-refractivity contribution in [3.63, 3.8) is 0 Å². The Morgan fingerprint density at radius 2 is 1.60 bits per heavy atom. The van der Waals surface area contributed by atoms with Crippen molar-refractivity contribution < 1.29 is 21.4 Å². The predicted molar refractivity (Wildman–Crippen MR) is 120 cm³/mol. The topological polar surface area (TPSA) is 104 Å². The maximum absolute atomic E-state index is 12.6. The van der Waals surface area contributed by atoms with Crippen LogP contribution >= 0.6 is 23.2 Å². The molecule has 11 heteroatoms. The highest BCUT2D eigenvalue weighted by molar-refractivity contribution is 7.90. The van der Waals surface area contributed by atoms with E-state index in [4.69, 9.17) is 27.8 Å². The summed E-state index contributed by atoms with van der Waals surface area (Å²) < 4.78 is 58.0. The molecule has 0 amide bonds. The molecule has 176 valence electrons. The van der Waals surface area contributed by atoms with Crippen molar-refractivity contribution in [2.45, 2.75) is 60.9 Å².